The van der Waals surface area contributed by atoms with E-state index >= 15 is 0 Å². The van der Waals surface area contributed by atoms with Crippen molar-refractivity contribution < 1.29 is 9.21 Å². The molecule has 0 radical (unpaired) electrons. The summed E-state index contributed by atoms with van der Waals surface area (Å²) in [6, 6.07) is 9.02. The van der Waals surface area contributed by atoms with Crippen molar-refractivity contribution in [3.63, 3.8) is 0 Å². The molecular weight excluding hydrogens is 348 g/mol. The van der Waals surface area contributed by atoms with Crippen LogP contribution in [-0.2, 0) is 0 Å². The van der Waals surface area contributed by atoms with Gasteiger partial charge in [-0.3, -0.25) is 20.1 Å². The topological polar surface area (TPSA) is 80.9 Å². The third-order valence-corrected chi connectivity index (χ3v) is 4.83. The van der Waals surface area contributed by atoms with Gasteiger partial charge in [0.25, 0.3) is 5.91 Å². The van der Waals surface area contributed by atoms with E-state index in [9.17, 15) is 4.79 Å². The lowest BCUT2D eigenvalue weighted by molar-refractivity contribution is 0.102. The van der Waals surface area contributed by atoms with E-state index in [4.69, 9.17) is 4.42 Å². The number of hydrogen-bond acceptors (Lipinski definition) is 6. The first-order valence-corrected chi connectivity index (χ1v) is 8.71. The molecule has 0 unspecified atom stereocenters. The van der Waals surface area contributed by atoms with Crippen LogP contribution in [0.5, 0.6) is 0 Å². The highest BCUT2D eigenvalue weighted by atomic mass is 32.1. The molecule has 0 saturated heterocycles. The van der Waals surface area contributed by atoms with Gasteiger partial charge in [0.05, 0.1) is 11.1 Å². The van der Waals surface area contributed by atoms with Crippen LogP contribution in [0.4, 0.5) is 5.13 Å². The van der Waals surface area contributed by atoms with E-state index in [1.165, 1.54) is 11.3 Å². The van der Waals surface area contributed by atoms with Crippen molar-refractivity contribution in [1.82, 2.24) is 15.0 Å². The molecule has 7 heteroatoms. The molecule has 0 aliphatic rings. The van der Waals surface area contributed by atoms with Crippen LogP contribution in [0.3, 0.4) is 0 Å². The molecule has 26 heavy (non-hydrogen) atoms. The number of carbonyl (C=O) groups is 1. The van der Waals surface area contributed by atoms with Gasteiger partial charge < -0.3 is 4.42 Å². The highest BCUT2D eigenvalue weighted by Gasteiger charge is 2.20. The maximum Gasteiger partial charge on any atom is 0.257 e. The zero-order chi connectivity index (χ0) is 17.9. The van der Waals surface area contributed by atoms with Gasteiger partial charge in [-0.2, -0.15) is 0 Å². The van der Waals surface area contributed by atoms with Gasteiger partial charge in [0.15, 0.2) is 10.9 Å². The fourth-order valence-corrected chi connectivity index (χ4v) is 3.48. The Bertz CT molecular complexity index is 1040. The third kappa shape index (κ3) is 3.12. The monoisotopic (exact) mass is 362 g/mol. The van der Waals surface area contributed by atoms with E-state index < -0.39 is 0 Å². The van der Waals surface area contributed by atoms with Crippen molar-refractivity contribution in [2.75, 3.05) is 5.32 Å². The Morgan fingerprint density at radius 2 is 1.73 bits per heavy atom. The molecule has 4 aromatic heterocycles. The summed E-state index contributed by atoms with van der Waals surface area (Å²) in [6.45, 7) is 1.96. The number of amides is 1. The minimum absolute atomic E-state index is 0.231. The van der Waals surface area contributed by atoms with E-state index in [1.807, 2.05) is 25.1 Å². The maximum absolute atomic E-state index is 12.4. The number of anilines is 1. The zero-order valence-corrected chi connectivity index (χ0v) is 14.7. The lowest BCUT2D eigenvalue weighted by atomic mass is 10.1. The molecule has 4 aromatic rings. The summed E-state index contributed by atoms with van der Waals surface area (Å²) < 4.78 is 5.62. The second kappa shape index (κ2) is 6.89. The highest BCUT2D eigenvalue weighted by Crippen LogP contribution is 2.40. The molecule has 0 fully saturated rings. The first kappa shape index (κ1) is 16.2. The first-order valence-electron chi connectivity index (χ1n) is 7.89. The van der Waals surface area contributed by atoms with Crippen LogP contribution < -0.4 is 5.32 Å². The van der Waals surface area contributed by atoms with Gasteiger partial charge in [-0.15, -0.1) is 0 Å². The van der Waals surface area contributed by atoms with Gasteiger partial charge in [-0.1, -0.05) is 11.3 Å². The Balaban J connectivity index is 1.74. The van der Waals surface area contributed by atoms with Crippen LogP contribution in [0.25, 0.3) is 21.9 Å². The Labute approximate surface area is 153 Å². The van der Waals surface area contributed by atoms with Gasteiger partial charge >= 0.3 is 0 Å². The van der Waals surface area contributed by atoms with Crippen molar-refractivity contribution in [2.24, 2.45) is 0 Å². The van der Waals surface area contributed by atoms with E-state index in [0.29, 0.717) is 22.1 Å². The van der Waals surface area contributed by atoms with Crippen LogP contribution in [0, 0.1) is 6.92 Å². The van der Waals surface area contributed by atoms with Gasteiger partial charge in [0, 0.05) is 30.4 Å². The summed E-state index contributed by atoms with van der Waals surface area (Å²) in [5.41, 5.74) is 3.18. The molecule has 128 valence electrons. The zero-order valence-electron chi connectivity index (χ0n) is 13.8. The number of aryl methyl sites for hydroxylation is 1. The molecule has 0 aliphatic carbocycles. The van der Waals surface area contributed by atoms with Crippen LogP contribution >= 0.6 is 11.3 Å². The minimum Gasteiger partial charge on any atom is -0.462 e. The van der Waals surface area contributed by atoms with Gasteiger partial charge in [0.1, 0.15) is 5.69 Å². The van der Waals surface area contributed by atoms with Gasteiger partial charge in [-0.25, -0.2) is 4.98 Å². The van der Waals surface area contributed by atoms with Gasteiger partial charge in [-0.05, 0) is 48.4 Å². The molecule has 1 amide bonds. The number of rotatable bonds is 4. The normalized spacial score (nSPS) is 10.7. The number of aromatic nitrogens is 3. The van der Waals surface area contributed by atoms with Crippen molar-refractivity contribution in [3.05, 3.63) is 72.5 Å². The van der Waals surface area contributed by atoms with Crippen LogP contribution in [0.15, 0.2) is 65.8 Å². The smallest absolute Gasteiger partial charge is 0.257 e. The summed E-state index contributed by atoms with van der Waals surface area (Å²) >= 11 is 1.40. The largest absolute Gasteiger partial charge is 0.462 e. The second-order valence-electron chi connectivity index (χ2n) is 5.56. The Hall–Kier alpha value is -3.32. The van der Waals surface area contributed by atoms with E-state index in [0.717, 1.165) is 16.0 Å². The maximum atomic E-state index is 12.4. The lowest BCUT2D eigenvalue weighted by Gasteiger charge is -2.00. The van der Waals surface area contributed by atoms with Crippen molar-refractivity contribution in [1.29, 1.82) is 0 Å². The number of hydrogen-bond donors (Lipinski definition) is 1. The fraction of sp³-hybridized carbons (Fsp3) is 0.0526. The molecule has 1 N–H and O–H groups in total. The van der Waals surface area contributed by atoms with E-state index in [2.05, 4.69) is 20.3 Å². The Kier molecular flexibility index (Phi) is 4.28. The summed E-state index contributed by atoms with van der Waals surface area (Å²) in [7, 11) is 0. The SMILES string of the molecule is Cc1ccoc1-c1nc(NC(=O)c2ccncc2)sc1-c1ccncc1. The van der Waals surface area contributed by atoms with E-state index in [-0.39, 0.29) is 5.91 Å². The fourth-order valence-electron chi connectivity index (χ4n) is 2.51. The standard InChI is InChI=1S/C19H14N4O2S/c1-12-6-11-25-16(12)15-17(13-2-7-20-8-3-13)26-19(22-15)23-18(24)14-4-9-21-10-5-14/h2-11H,1H3,(H,22,23,24). The van der Waals surface area contributed by atoms with Crippen LogP contribution in [0.1, 0.15) is 15.9 Å². The van der Waals surface area contributed by atoms with Crippen molar-refractivity contribution in [3.8, 4) is 21.9 Å². The number of nitrogens with one attached hydrogen (secondary N) is 1. The number of thiazole rings is 1. The average molecular weight is 362 g/mol. The molecule has 0 aliphatic heterocycles. The number of carbonyl (C=O) groups excluding carboxylic acids is 1. The molecule has 0 bridgehead atoms. The molecule has 0 saturated carbocycles. The molecule has 4 rings (SSSR count). The summed E-state index contributed by atoms with van der Waals surface area (Å²) in [4.78, 5) is 25.9. The predicted molar refractivity (Wildman–Crippen MR) is 100.0 cm³/mol. The van der Waals surface area contributed by atoms with Crippen molar-refractivity contribution >= 4 is 22.4 Å². The Morgan fingerprint density at radius 1 is 1.04 bits per heavy atom. The second-order valence-corrected chi connectivity index (χ2v) is 6.55. The quantitative estimate of drug-likeness (QED) is 0.581. The van der Waals surface area contributed by atoms with Crippen LogP contribution in [0.2, 0.25) is 0 Å². The molecule has 4 heterocycles. The van der Waals surface area contributed by atoms with Crippen LogP contribution in [-0.4, -0.2) is 20.9 Å². The summed E-state index contributed by atoms with van der Waals surface area (Å²) in [5.74, 6) is 0.461. The molecular formula is C19H14N4O2S. The molecule has 0 aromatic carbocycles. The first-order chi connectivity index (χ1) is 12.7. The number of pyridine rings is 2. The summed E-state index contributed by atoms with van der Waals surface area (Å²) in [6.07, 6.45) is 8.25. The summed E-state index contributed by atoms with van der Waals surface area (Å²) in [5, 5.41) is 3.36. The number of nitrogens with zero attached hydrogens (tertiary/aromatic N) is 3. The minimum atomic E-state index is -0.231. The molecule has 0 atom stereocenters. The number of furan rings is 1. The average Bonchev–Trinajstić information content (AvgIpc) is 3.29. The molecule has 0 spiro atoms. The van der Waals surface area contributed by atoms with Crippen molar-refractivity contribution in [2.45, 2.75) is 6.92 Å². The molecule has 6 nitrogen and oxygen atoms in total. The lowest BCUT2D eigenvalue weighted by Crippen LogP contribution is -2.11. The highest BCUT2D eigenvalue weighted by molar-refractivity contribution is 7.19. The van der Waals surface area contributed by atoms with Gasteiger partial charge in [0.2, 0.25) is 0 Å². The Morgan fingerprint density at radius 3 is 2.38 bits per heavy atom. The predicted octanol–water partition coefficient (Wildman–Crippen LogP) is 4.42. The third-order valence-electron chi connectivity index (χ3n) is 3.81. The van der Waals surface area contributed by atoms with E-state index in [1.54, 1.807) is 43.2 Å².